The van der Waals surface area contributed by atoms with E-state index in [-0.39, 0.29) is 5.82 Å². The highest BCUT2D eigenvalue weighted by atomic mass is 19.1. The molecule has 0 nitrogen and oxygen atoms in total. The van der Waals surface area contributed by atoms with Crippen molar-refractivity contribution in [2.45, 2.75) is 19.8 Å². The second-order valence-corrected chi connectivity index (χ2v) is 5.47. The molecule has 0 unspecified atom stereocenters. The molecule has 0 bridgehead atoms. The molecule has 3 aromatic rings. The average Bonchev–Trinajstić information content (AvgIpc) is 2.56. The van der Waals surface area contributed by atoms with E-state index in [0.29, 0.717) is 0 Å². The Bertz CT molecular complexity index is 760. The van der Waals surface area contributed by atoms with Gasteiger partial charge in [0.1, 0.15) is 5.82 Å². The lowest BCUT2D eigenvalue weighted by molar-refractivity contribution is 0.628. The van der Waals surface area contributed by atoms with Crippen LogP contribution in [0.4, 0.5) is 4.39 Å². The number of benzene rings is 3. The van der Waals surface area contributed by atoms with Crippen LogP contribution < -0.4 is 0 Å². The molecule has 0 amide bonds. The summed E-state index contributed by atoms with van der Waals surface area (Å²) >= 11 is 0. The standard InChI is InChI=1S/C21H19F/c1-2-8-17-11-7-14-20(16-9-4-3-5-10-16)21(17)18-12-6-13-19(22)15-18/h3-7,9-15H,2,8H2,1H3. The van der Waals surface area contributed by atoms with E-state index < -0.39 is 0 Å². The van der Waals surface area contributed by atoms with Crippen LogP contribution in [0.5, 0.6) is 0 Å². The molecular weight excluding hydrogens is 271 g/mol. The highest BCUT2D eigenvalue weighted by Gasteiger charge is 2.12. The molecule has 0 aliphatic heterocycles. The zero-order valence-corrected chi connectivity index (χ0v) is 12.7. The summed E-state index contributed by atoms with van der Waals surface area (Å²) in [5.41, 5.74) is 5.70. The Balaban J connectivity index is 2.25. The molecule has 0 aromatic heterocycles. The first kappa shape index (κ1) is 14.5. The van der Waals surface area contributed by atoms with E-state index in [2.05, 4.69) is 37.3 Å². The molecule has 0 aliphatic carbocycles. The minimum absolute atomic E-state index is 0.192. The molecule has 1 heteroatoms. The number of hydrogen-bond acceptors (Lipinski definition) is 0. The van der Waals surface area contributed by atoms with Gasteiger partial charge in [0.2, 0.25) is 0 Å². The smallest absolute Gasteiger partial charge is 0.123 e. The van der Waals surface area contributed by atoms with Gasteiger partial charge in [-0.15, -0.1) is 0 Å². The van der Waals surface area contributed by atoms with E-state index in [0.717, 1.165) is 29.5 Å². The van der Waals surface area contributed by atoms with Gasteiger partial charge in [0.25, 0.3) is 0 Å². The number of hydrogen-bond donors (Lipinski definition) is 0. The van der Waals surface area contributed by atoms with Crippen molar-refractivity contribution in [1.82, 2.24) is 0 Å². The first-order valence-electron chi connectivity index (χ1n) is 7.73. The van der Waals surface area contributed by atoms with E-state index in [9.17, 15) is 4.39 Å². The summed E-state index contributed by atoms with van der Waals surface area (Å²) in [6, 6.07) is 23.6. The molecule has 0 aliphatic rings. The van der Waals surface area contributed by atoms with E-state index in [4.69, 9.17) is 0 Å². The minimum Gasteiger partial charge on any atom is -0.207 e. The Hall–Kier alpha value is -2.41. The quantitative estimate of drug-likeness (QED) is 0.543. The monoisotopic (exact) mass is 290 g/mol. The fourth-order valence-corrected chi connectivity index (χ4v) is 2.92. The van der Waals surface area contributed by atoms with Crippen molar-refractivity contribution in [3.8, 4) is 22.3 Å². The molecule has 110 valence electrons. The van der Waals surface area contributed by atoms with Crippen LogP contribution in [0.1, 0.15) is 18.9 Å². The SMILES string of the molecule is CCCc1cccc(-c2ccccc2)c1-c1cccc(F)c1. The summed E-state index contributed by atoms with van der Waals surface area (Å²) < 4.78 is 13.7. The van der Waals surface area contributed by atoms with Gasteiger partial charge in [0.15, 0.2) is 0 Å². The molecule has 0 saturated heterocycles. The van der Waals surface area contributed by atoms with Gasteiger partial charge in [-0.25, -0.2) is 4.39 Å². The summed E-state index contributed by atoms with van der Waals surface area (Å²) in [7, 11) is 0. The second kappa shape index (κ2) is 6.57. The zero-order valence-electron chi connectivity index (χ0n) is 12.7. The maximum atomic E-state index is 13.7. The van der Waals surface area contributed by atoms with Crippen LogP contribution in [-0.4, -0.2) is 0 Å². The van der Waals surface area contributed by atoms with Gasteiger partial charge in [-0.05, 0) is 46.4 Å². The van der Waals surface area contributed by atoms with Gasteiger partial charge < -0.3 is 0 Å². The normalized spacial score (nSPS) is 10.6. The molecule has 3 aromatic carbocycles. The van der Waals surface area contributed by atoms with Gasteiger partial charge in [-0.2, -0.15) is 0 Å². The van der Waals surface area contributed by atoms with Crippen molar-refractivity contribution < 1.29 is 4.39 Å². The van der Waals surface area contributed by atoms with Crippen molar-refractivity contribution in [2.24, 2.45) is 0 Å². The Labute approximate surface area is 131 Å². The third-order valence-corrected chi connectivity index (χ3v) is 3.87. The van der Waals surface area contributed by atoms with E-state index in [1.165, 1.54) is 17.2 Å². The Morgan fingerprint density at radius 3 is 2.23 bits per heavy atom. The molecule has 0 spiro atoms. The molecule has 22 heavy (non-hydrogen) atoms. The lowest BCUT2D eigenvalue weighted by Gasteiger charge is -2.15. The van der Waals surface area contributed by atoms with Crippen LogP contribution in [0.15, 0.2) is 72.8 Å². The Morgan fingerprint density at radius 1 is 0.773 bits per heavy atom. The van der Waals surface area contributed by atoms with Crippen molar-refractivity contribution in [3.05, 3.63) is 84.2 Å². The number of rotatable bonds is 4. The molecule has 0 N–H and O–H groups in total. The van der Waals surface area contributed by atoms with E-state index >= 15 is 0 Å². The van der Waals surface area contributed by atoms with Crippen LogP contribution in [0.3, 0.4) is 0 Å². The largest absolute Gasteiger partial charge is 0.207 e. The maximum absolute atomic E-state index is 13.7. The fraction of sp³-hybridized carbons (Fsp3) is 0.143. The van der Waals surface area contributed by atoms with Crippen LogP contribution in [0, 0.1) is 5.82 Å². The molecule has 0 fully saturated rings. The van der Waals surface area contributed by atoms with E-state index in [1.807, 2.05) is 24.3 Å². The van der Waals surface area contributed by atoms with Gasteiger partial charge in [0, 0.05) is 0 Å². The summed E-state index contributed by atoms with van der Waals surface area (Å²) in [6.45, 7) is 2.17. The number of halogens is 1. The summed E-state index contributed by atoms with van der Waals surface area (Å²) in [5, 5.41) is 0. The highest BCUT2D eigenvalue weighted by molar-refractivity contribution is 5.85. The molecular formula is C21H19F. The van der Waals surface area contributed by atoms with E-state index in [1.54, 1.807) is 12.1 Å². The second-order valence-electron chi connectivity index (χ2n) is 5.47. The molecule has 0 radical (unpaired) electrons. The van der Waals surface area contributed by atoms with Crippen molar-refractivity contribution in [3.63, 3.8) is 0 Å². The topological polar surface area (TPSA) is 0 Å². The van der Waals surface area contributed by atoms with Gasteiger partial charge in [-0.1, -0.05) is 74.0 Å². The van der Waals surface area contributed by atoms with Crippen LogP contribution in [0.2, 0.25) is 0 Å². The Kier molecular flexibility index (Phi) is 4.34. The average molecular weight is 290 g/mol. The minimum atomic E-state index is -0.192. The van der Waals surface area contributed by atoms with Crippen molar-refractivity contribution >= 4 is 0 Å². The summed E-state index contributed by atoms with van der Waals surface area (Å²) in [4.78, 5) is 0. The van der Waals surface area contributed by atoms with Crippen LogP contribution in [0.25, 0.3) is 22.3 Å². The molecule has 0 saturated carbocycles. The van der Waals surface area contributed by atoms with Crippen molar-refractivity contribution in [1.29, 1.82) is 0 Å². The predicted octanol–water partition coefficient (Wildman–Crippen LogP) is 6.11. The first-order valence-corrected chi connectivity index (χ1v) is 7.73. The predicted molar refractivity (Wildman–Crippen MR) is 91.3 cm³/mol. The molecule has 0 heterocycles. The van der Waals surface area contributed by atoms with Gasteiger partial charge in [0.05, 0.1) is 0 Å². The first-order chi connectivity index (χ1) is 10.8. The summed E-state index contributed by atoms with van der Waals surface area (Å²) in [5.74, 6) is -0.192. The fourth-order valence-electron chi connectivity index (χ4n) is 2.92. The highest BCUT2D eigenvalue weighted by Crippen LogP contribution is 2.35. The Morgan fingerprint density at radius 2 is 1.50 bits per heavy atom. The molecule has 3 rings (SSSR count). The number of aryl methyl sites for hydroxylation is 1. The zero-order chi connectivity index (χ0) is 15.4. The third kappa shape index (κ3) is 2.94. The van der Waals surface area contributed by atoms with Gasteiger partial charge in [-0.3, -0.25) is 0 Å². The van der Waals surface area contributed by atoms with Gasteiger partial charge >= 0.3 is 0 Å². The maximum Gasteiger partial charge on any atom is 0.123 e. The lowest BCUT2D eigenvalue weighted by atomic mass is 9.89. The lowest BCUT2D eigenvalue weighted by Crippen LogP contribution is -1.94. The molecule has 0 atom stereocenters. The summed E-state index contributed by atoms with van der Waals surface area (Å²) in [6.07, 6.45) is 2.06. The van der Waals surface area contributed by atoms with Crippen LogP contribution in [-0.2, 0) is 6.42 Å². The van der Waals surface area contributed by atoms with Crippen molar-refractivity contribution in [2.75, 3.05) is 0 Å². The third-order valence-electron chi connectivity index (χ3n) is 3.87. The van der Waals surface area contributed by atoms with Crippen LogP contribution >= 0.6 is 0 Å².